The van der Waals surface area contributed by atoms with E-state index in [0.717, 1.165) is 32.0 Å². The maximum Gasteiger partial charge on any atom is 0.268 e. The normalized spacial score (nSPS) is 10.5. The predicted octanol–water partition coefficient (Wildman–Crippen LogP) is 3.71. The van der Waals surface area contributed by atoms with Gasteiger partial charge >= 0.3 is 0 Å². The second-order valence-electron chi connectivity index (χ2n) is 5.76. The van der Waals surface area contributed by atoms with E-state index in [1.54, 1.807) is 18.6 Å². The lowest BCUT2D eigenvalue weighted by Gasteiger charge is -2.05. The van der Waals surface area contributed by atoms with E-state index < -0.39 is 5.91 Å². The number of nitrogens with zero attached hydrogens (tertiary/aromatic N) is 4. The van der Waals surface area contributed by atoms with Crippen LogP contribution in [0.1, 0.15) is 16.2 Å². The van der Waals surface area contributed by atoms with E-state index in [9.17, 15) is 4.79 Å². The highest BCUT2D eigenvalue weighted by molar-refractivity contribution is 7.79. The summed E-state index contributed by atoms with van der Waals surface area (Å²) in [7, 11) is 1.93. The smallest absolute Gasteiger partial charge is 0.268 e. The van der Waals surface area contributed by atoms with E-state index in [1.165, 1.54) is 11.3 Å². The largest absolute Gasteiger partial charge is 0.364 e. The van der Waals surface area contributed by atoms with Crippen LogP contribution < -0.4 is 5.73 Å². The van der Waals surface area contributed by atoms with Crippen LogP contribution in [0.15, 0.2) is 42.9 Å². The maximum absolute atomic E-state index is 11.8. The van der Waals surface area contributed by atoms with Crippen molar-refractivity contribution in [1.29, 1.82) is 0 Å². The van der Waals surface area contributed by atoms with Crippen molar-refractivity contribution >= 4 is 40.8 Å². The molecule has 0 saturated carbocycles. The zero-order valence-electron chi connectivity index (χ0n) is 15.2. The van der Waals surface area contributed by atoms with E-state index in [1.807, 2.05) is 49.0 Å². The predicted molar refractivity (Wildman–Crippen MR) is 113 cm³/mol. The Labute approximate surface area is 166 Å². The quantitative estimate of drug-likeness (QED) is 0.516. The minimum absolute atomic E-state index is 0.281. The van der Waals surface area contributed by atoms with Gasteiger partial charge in [-0.3, -0.25) is 9.78 Å². The minimum atomic E-state index is -0.535. The van der Waals surface area contributed by atoms with Gasteiger partial charge in [-0.15, -0.1) is 11.3 Å². The summed E-state index contributed by atoms with van der Waals surface area (Å²) in [5, 5.41) is 1.63. The summed E-state index contributed by atoms with van der Waals surface area (Å²) in [6.07, 6.45) is 7.10. The zero-order valence-corrected chi connectivity index (χ0v) is 16.9. The van der Waals surface area contributed by atoms with Gasteiger partial charge in [0.05, 0.1) is 21.8 Å². The SMILES string of the molecule is CS.Cc1nc(-c2cccnc2)sc1-c1cc2c(ccn2C)c(C(N)=O)n1. The molecule has 0 atom stereocenters. The Kier molecular flexibility index (Phi) is 5.57. The maximum atomic E-state index is 11.8. The minimum Gasteiger partial charge on any atom is -0.364 e. The number of hydrogen-bond donors (Lipinski definition) is 2. The fourth-order valence-electron chi connectivity index (χ4n) is 2.82. The average Bonchev–Trinajstić information content (AvgIpc) is 3.26. The van der Waals surface area contributed by atoms with Gasteiger partial charge in [0, 0.05) is 36.6 Å². The summed E-state index contributed by atoms with van der Waals surface area (Å²) >= 11 is 5.06. The summed E-state index contributed by atoms with van der Waals surface area (Å²) in [6, 6.07) is 7.67. The van der Waals surface area contributed by atoms with Crippen LogP contribution in [0.3, 0.4) is 0 Å². The molecule has 4 heterocycles. The fraction of sp³-hybridized carbons (Fsp3) is 0.158. The average molecular weight is 398 g/mol. The first-order valence-electron chi connectivity index (χ1n) is 8.13. The first kappa shape index (κ1) is 19.1. The highest BCUT2D eigenvalue weighted by Crippen LogP contribution is 2.35. The van der Waals surface area contributed by atoms with Crippen molar-refractivity contribution in [3.8, 4) is 21.1 Å². The van der Waals surface area contributed by atoms with Gasteiger partial charge < -0.3 is 10.3 Å². The van der Waals surface area contributed by atoms with Crippen molar-refractivity contribution in [2.24, 2.45) is 12.8 Å². The summed E-state index contributed by atoms with van der Waals surface area (Å²) in [4.78, 5) is 26.1. The number of aryl methyl sites for hydroxylation is 2. The molecular weight excluding hydrogens is 378 g/mol. The standard InChI is InChI=1S/C18H15N5OS.CH4S/c1-10-16(25-18(21-10)11-4-3-6-20-9-11)13-8-14-12(5-7-23(14)2)15(22-13)17(19)24;1-2/h3-9H,1-2H3,(H2,19,24);2H,1H3. The van der Waals surface area contributed by atoms with E-state index >= 15 is 0 Å². The molecule has 0 bridgehead atoms. The molecule has 6 nitrogen and oxygen atoms in total. The molecule has 0 aliphatic heterocycles. The van der Waals surface area contributed by atoms with E-state index in [4.69, 9.17) is 5.73 Å². The molecule has 0 saturated heterocycles. The highest BCUT2D eigenvalue weighted by Gasteiger charge is 2.18. The van der Waals surface area contributed by atoms with Crippen LogP contribution in [0.2, 0.25) is 0 Å². The van der Waals surface area contributed by atoms with Crippen LogP contribution in [-0.2, 0) is 7.05 Å². The van der Waals surface area contributed by atoms with Gasteiger partial charge in [0.1, 0.15) is 10.7 Å². The van der Waals surface area contributed by atoms with Gasteiger partial charge in [-0.25, -0.2) is 9.97 Å². The lowest BCUT2D eigenvalue weighted by molar-refractivity contribution is 0.0997. The second-order valence-corrected chi connectivity index (χ2v) is 6.75. The number of carbonyl (C=O) groups excluding carboxylic acids is 1. The molecule has 0 aliphatic rings. The molecule has 0 spiro atoms. The molecule has 4 rings (SSSR count). The molecule has 27 heavy (non-hydrogen) atoms. The molecule has 138 valence electrons. The van der Waals surface area contributed by atoms with Crippen LogP contribution in [0.25, 0.3) is 32.0 Å². The van der Waals surface area contributed by atoms with E-state index in [2.05, 4.69) is 27.6 Å². The molecule has 4 aromatic heterocycles. The van der Waals surface area contributed by atoms with Crippen molar-refractivity contribution in [3.05, 3.63) is 54.2 Å². The summed E-state index contributed by atoms with van der Waals surface area (Å²) in [5.74, 6) is -0.535. The van der Waals surface area contributed by atoms with Crippen molar-refractivity contribution in [3.63, 3.8) is 0 Å². The van der Waals surface area contributed by atoms with Crippen molar-refractivity contribution in [1.82, 2.24) is 19.5 Å². The third-order valence-corrected chi connectivity index (χ3v) is 5.28. The molecule has 0 aromatic carbocycles. The Hall–Kier alpha value is -2.71. The van der Waals surface area contributed by atoms with Gasteiger partial charge in [-0.2, -0.15) is 12.6 Å². The van der Waals surface area contributed by atoms with Gasteiger partial charge in [0.2, 0.25) is 0 Å². The zero-order chi connectivity index (χ0) is 19.6. The van der Waals surface area contributed by atoms with Crippen molar-refractivity contribution in [2.45, 2.75) is 6.92 Å². The molecule has 0 aliphatic carbocycles. The van der Waals surface area contributed by atoms with E-state index in [-0.39, 0.29) is 5.69 Å². The number of carbonyl (C=O) groups is 1. The summed E-state index contributed by atoms with van der Waals surface area (Å²) < 4.78 is 1.95. The molecule has 0 unspecified atom stereocenters. The molecule has 0 radical (unpaired) electrons. The number of amides is 1. The third-order valence-electron chi connectivity index (χ3n) is 4.05. The number of nitrogens with two attached hydrogens (primary N) is 1. The van der Waals surface area contributed by atoms with Gasteiger partial charge in [0.25, 0.3) is 5.91 Å². The van der Waals surface area contributed by atoms with Gasteiger partial charge in [0.15, 0.2) is 0 Å². The Morgan fingerprint density at radius 3 is 2.70 bits per heavy atom. The van der Waals surface area contributed by atoms with E-state index in [0.29, 0.717) is 5.69 Å². The molecular formula is C19H19N5OS2. The molecule has 1 amide bonds. The number of pyridine rings is 2. The van der Waals surface area contributed by atoms with Crippen molar-refractivity contribution in [2.75, 3.05) is 6.26 Å². The van der Waals surface area contributed by atoms with Crippen LogP contribution >= 0.6 is 24.0 Å². The Morgan fingerprint density at radius 2 is 2.04 bits per heavy atom. The topological polar surface area (TPSA) is 86.7 Å². The number of thiazole rings is 1. The number of primary amides is 1. The fourth-order valence-corrected chi connectivity index (χ4v) is 3.83. The number of hydrogen-bond acceptors (Lipinski definition) is 6. The molecule has 0 fully saturated rings. The van der Waals surface area contributed by atoms with Gasteiger partial charge in [-0.1, -0.05) is 0 Å². The molecule has 2 N–H and O–H groups in total. The van der Waals surface area contributed by atoms with Crippen LogP contribution in [0.4, 0.5) is 0 Å². The molecule has 8 heteroatoms. The monoisotopic (exact) mass is 397 g/mol. The summed E-state index contributed by atoms with van der Waals surface area (Å²) in [5.41, 5.74) is 9.25. The lowest BCUT2D eigenvalue weighted by Crippen LogP contribution is -2.14. The molecule has 4 aromatic rings. The Morgan fingerprint density at radius 1 is 1.26 bits per heavy atom. The number of fused-ring (bicyclic) bond motifs is 1. The van der Waals surface area contributed by atoms with Crippen LogP contribution in [0.5, 0.6) is 0 Å². The Balaban J connectivity index is 0.00000102. The first-order chi connectivity index (χ1) is 13.0. The lowest BCUT2D eigenvalue weighted by atomic mass is 10.1. The second kappa shape index (κ2) is 7.89. The highest BCUT2D eigenvalue weighted by atomic mass is 32.1. The number of thiol groups is 1. The Bertz CT molecular complexity index is 1100. The third kappa shape index (κ3) is 3.58. The first-order valence-corrected chi connectivity index (χ1v) is 9.84. The van der Waals surface area contributed by atoms with Crippen LogP contribution in [-0.4, -0.2) is 31.7 Å². The summed E-state index contributed by atoms with van der Waals surface area (Å²) in [6.45, 7) is 1.94. The van der Waals surface area contributed by atoms with Gasteiger partial charge in [-0.05, 0) is 37.4 Å². The number of aromatic nitrogens is 4. The number of rotatable bonds is 3. The van der Waals surface area contributed by atoms with Crippen molar-refractivity contribution < 1.29 is 4.79 Å². The van der Waals surface area contributed by atoms with Crippen LogP contribution in [0, 0.1) is 6.92 Å².